The van der Waals surface area contributed by atoms with Crippen LogP contribution in [0.5, 0.6) is 0 Å². The molecule has 0 bridgehead atoms. The third-order valence-corrected chi connectivity index (χ3v) is 9.54. The fourth-order valence-electron chi connectivity index (χ4n) is 6.48. The summed E-state index contributed by atoms with van der Waals surface area (Å²) in [7, 11) is 0. The molecule has 3 aromatic carbocycles. The topological polar surface area (TPSA) is 333 Å². The molecule has 0 aliphatic carbocycles. The largest absolute Gasteiger partial charge is 0.324 e. The molecule has 0 spiro atoms. The zero-order chi connectivity index (χ0) is 45.6. The van der Waals surface area contributed by atoms with Crippen molar-refractivity contribution < 1.29 is 9.59 Å². The van der Waals surface area contributed by atoms with E-state index in [9.17, 15) is 29.7 Å². The molecule has 0 fully saturated rings. The van der Waals surface area contributed by atoms with Crippen molar-refractivity contribution in [1.29, 1.82) is 10.5 Å². The summed E-state index contributed by atoms with van der Waals surface area (Å²) < 4.78 is 2.41. The maximum atomic E-state index is 14.3. The number of nitrogens with zero attached hydrogens (tertiary/aromatic N) is 14. The number of anilines is 3. The number of aromatic amines is 2. The third kappa shape index (κ3) is 8.38. The first-order chi connectivity index (χ1) is 32.3. The number of nitriles is 2. The molecule has 0 radical (unpaired) electrons. The highest BCUT2D eigenvalue weighted by atomic mass is 16.2. The number of hydrazine groups is 1. The minimum atomic E-state index is -1.62. The molecule has 2 unspecified atom stereocenters. The molecule has 0 aliphatic rings. The van der Waals surface area contributed by atoms with E-state index < -0.39 is 35.0 Å². The van der Waals surface area contributed by atoms with Crippen LogP contribution in [0.2, 0.25) is 0 Å². The zero-order valence-corrected chi connectivity index (χ0v) is 33.6. The highest BCUT2D eigenvalue weighted by Gasteiger charge is 2.28. The lowest BCUT2D eigenvalue weighted by Crippen LogP contribution is -2.39. The average Bonchev–Trinajstić information content (AvgIpc) is 3.96. The Kier molecular flexibility index (Phi) is 11.2. The lowest BCUT2D eigenvalue weighted by atomic mass is 10.2. The number of carbonyl (C=O) groups is 2. The summed E-state index contributed by atoms with van der Waals surface area (Å²) in [4.78, 5) is 86.0. The lowest BCUT2D eigenvalue weighted by Gasteiger charge is -2.20. The van der Waals surface area contributed by atoms with Crippen LogP contribution in [0, 0.1) is 22.7 Å². The molecule has 0 saturated heterocycles. The number of H-pyrrole nitrogens is 2. The molecular formula is C42H28N20O4. The third-order valence-electron chi connectivity index (χ3n) is 9.54. The van der Waals surface area contributed by atoms with Crippen molar-refractivity contribution in [2.45, 2.75) is 12.1 Å². The maximum absolute atomic E-state index is 14.3. The van der Waals surface area contributed by atoms with Gasteiger partial charge in [0.25, 0.3) is 34.8 Å². The van der Waals surface area contributed by atoms with Crippen molar-refractivity contribution in [3.63, 3.8) is 0 Å². The van der Waals surface area contributed by atoms with Crippen molar-refractivity contribution in [2.24, 2.45) is 10.2 Å². The van der Waals surface area contributed by atoms with Gasteiger partial charge in [0.15, 0.2) is 17.7 Å². The molecule has 6 aromatic heterocycles. The van der Waals surface area contributed by atoms with Crippen molar-refractivity contribution in [3.8, 4) is 24.0 Å². The number of benzene rings is 3. The number of aromatic nitrogens is 12. The van der Waals surface area contributed by atoms with E-state index in [0.717, 1.165) is 4.68 Å². The van der Waals surface area contributed by atoms with Crippen molar-refractivity contribution in [1.82, 2.24) is 64.9 Å². The molecule has 0 aliphatic heterocycles. The molecule has 2 atom stereocenters. The fourth-order valence-corrected chi connectivity index (χ4v) is 6.48. The highest BCUT2D eigenvalue weighted by molar-refractivity contribution is 5.98. The van der Waals surface area contributed by atoms with Gasteiger partial charge in [-0.15, -0.1) is 5.11 Å². The molecule has 9 aromatic rings. The number of azo groups is 1. The Hall–Kier alpha value is -10.2. The Bertz CT molecular complexity index is 3540. The van der Waals surface area contributed by atoms with Gasteiger partial charge in [-0.05, 0) is 54.6 Å². The second-order valence-electron chi connectivity index (χ2n) is 13.7. The molecule has 66 heavy (non-hydrogen) atoms. The summed E-state index contributed by atoms with van der Waals surface area (Å²) in [5, 5.41) is 42.7. The van der Waals surface area contributed by atoms with Gasteiger partial charge < -0.3 is 26.0 Å². The van der Waals surface area contributed by atoms with Gasteiger partial charge in [0.2, 0.25) is 6.04 Å². The number of amides is 2. The van der Waals surface area contributed by atoms with E-state index >= 15 is 0 Å². The summed E-state index contributed by atoms with van der Waals surface area (Å²) in [5.74, 6) is -1.69. The predicted molar refractivity (Wildman–Crippen MR) is 233 cm³/mol. The van der Waals surface area contributed by atoms with E-state index in [1.165, 1.54) is 54.0 Å². The van der Waals surface area contributed by atoms with Gasteiger partial charge in [-0.2, -0.15) is 35.2 Å². The Morgan fingerprint density at radius 3 is 1.83 bits per heavy atom. The summed E-state index contributed by atoms with van der Waals surface area (Å²) in [5.41, 5.74) is 5.61. The first-order valence-corrected chi connectivity index (χ1v) is 19.4. The molecule has 6 N–H and O–H groups in total. The van der Waals surface area contributed by atoms with Crippen LogP contribution in [0.1, 0.15) is 34.9 Å². The first kappa shape index (κ1) is 41.2. The van der Waals surface area contributed by atoms with Crippen LogP contribution in [0.4, 0.5) is 23.0 Å². The fraction of sp³-hybridized carbons (Fsp3) is 0.0476. The molecule has 2 amide bonds. The zero-order valence-electron chi connectivity index (χ0n) is 33.6. The lowest BCUT2D eigenvalue weighted by molar-refractivity contribution is -0.118. The van der Waals surface area contributed by atoms with Crippen LogP contribution < -0.4 is 32.6 Å². The minimum absolute atomic E-state index is 0.0129. The number of nitrogens with one attached hydrogen (secondary N) is 6. The smallest absolute Gasteiger partial charge is 0.258 e. The Balaban J connectivity index is 1.02. The van der Waals surface area contributed by atoms with Crippen LogP contribution in [0.3, 0.4) is 0 Å². The monoisotopic (exact) mass is 876 g/mol. The van der Waals surface area contributed by atoms with Gasteiger partial charge in [0.05, 0.1) is 34.2 Å². The molecule has 6 heterocycles. The highest BCUT2D eigenvalue weighted by Crippen LogP contribution is 2.27. The van der Waals surface area contributed by atoms with Crippen molar-refractivity contribution in [2.75, 3.05) is 16.1 Å². The van der Waals surface area contributed by atoms with Crippen LogP contribution in [0.25, 0.3) is 33.7 Å². The van der Waals surface area contributed by atoms with E-state index in [1.807, 2.05) is 12.1 Å². The molecule has 320 valence electrons. The Morgan fingerprint density at radius 2 is 1.20 bits per heavy atom. The van der Waals surface area contributed by atoms with Crippen LogP contribution in [0.15, 0.2) is 142 Å². The van der Waals surface area contributed by atoms with E-state index in [0.29, 0.717) is 5.52 Å². The van der Waals surface area contributed by atoms with Gasteiger partial charge in [-0.25, -0.2) is 35.3 Å². The quantitative estimate of drug-likeness (QED) is 0.0711. The number of rotatable bonds is 13. The molecular weight excluding hydrogens is 849 g/mol. The molecule has 0 saturated carbocycles. The summed E-state index contributed by atoms with van der Waals surface area (Å²) in [6, 6.07) is 23.3. The van der Waals surface area contributed by atoms with E-state index in [-0.39, 0.29) is 74.0 Å². The SMILES string of the molecule is N#Cc1cnn(-c2ncccn2)c1N=NC(C(=O)Nc1cccc(NC(=O)C(NNc2c(C#N)cnn2-c2ncccn2)c2nc3ccccc3c(=O)[nH]2)c1)c1nc2ccccc2c(=O)[nH]1. The van der Waals surface area contributed by atoms with E-state index in [2.05, 4.69) is 81.8 Å². The van der Waals surface area contributed by atoms with Gasteiger partial charge in [0, 0.05) is 36.2 Å². The van der Waals surface area contributed by atoms with Crippen molar-refractivity contribution >= 4 is 56.6 Å². The van der Waals surface area contributed by atoms with Gasteiger partial charge >= 0.3 is 0 Å². The minimum Gasteiger partial charge on any atom is -0.324 e. The molecule has 24 heteroatoms. The van der Waals surface area contributed by atoms with Crippen LogP contribution >= 0.6 is 0 Å². The van der Waals surface area contributed by atoms with Gasteiger partial charge in [-0.3, -0.25) is 19.2 Å². The number of fused-ring (bicyclic) bond motifs is 2. The standard InChI is InChI=1S/C42H28N20O4/c43-19-23-21-49-61(41-45-14-6-15-46-41)35(23)59-57-31(33-53-29-12-3-1-10-27(29)37(63)55-33)39(65)51-25-8-5-9-26(18-25)52-40(66)32(34-54-30-13-4-2-11-28(30)38(64)56-34)58-60-36-24(20-44)22-50-62(36)42-47-16-7-17-48-42/h1-18,21-22,31-32,57,59H,(H,51,65)(H,52,66)(H,53,55,63)(H,54,56,64). The second-order valence-corrected chi connectivity index (χ2v) is 13.7. The second kappa shape index (κ2) is 18.0. The van der Waals surface area contributed by atoms with E-state index in [1.54, 1.807) is 72.8 Å². The summed E-state index contributed by atoms with van der Waals surface area (Å²) in [6.07, 6.45) is 8.42. The average molecular weight is 877 g/mol. The number of para-hydroxylation sites is 2. The van der Waals surface area contributed by atoms with Gasteiger partial charge in [-0.1, -0.05) is 30.3 Å². The molecule has 9 rings (SSSR count). The summed E-state index contributed by atoms with van der Waals surface area (Å²) >= 11 is 0. The number of carbonyl (C=O) groups excluding carboxylic acids is 2. The summed E-state index contributed by atoms with van der Waals surface area (Å²) in [6.45, 7) is 0. The first-order valence-electron chi connectivity index (χ1n) is 19.4. The van der Waals surface area contributed by atoms with E-state index in [4.69, 9.17) is 0 Å². The van der Waals surface area contributed by atoms with Crippen LogP contribution in [-0.2, 0) is 9.59 Å². The Morgan fingerprint density at radius 1 is 0.652 bits per heavy atom. The Labute approximate surface area is 368 Å². The van der Waals surface area contributed by atoms with Crippen molar-refractivity contribution in [3.05, 3.63) is 166 Å². The maximum Gasteiger partial charge on any atom is 0.258 e. The number of hydrogen-bond acceptors (Lipinski definition) is 18. The number of hydrogen-bond donors (Lipinski definition) is 6. The normalized spacial score (nSPS) is 12.0. The van der Waals surface area contributed by atoms with Gasteiger partial charge in [0.1, 0.15) is 34.9 Å². The predicted octanol–water partition coefficient (Wildman–Crippen LogP) is 3.61. The molecule has 24 nitrogen and oxygen atoms in total. The van der Waals surface area contributed by atoms with Crippen LogP contribution in [-0.4, -0.2) is 71.2 Å².